The van der Waals surface area contributed by atoms with E-state index in [1.807, 2.05) is 67.4 Å². The van der Waals surface area contributed by atoms with Gasteiger partial charge in [0.05, 0.1) is 26.5 Å². The van der Waals surface area contributed by atoms with Gasteiger partial charge in [-0.25, -0.2) is 13.1 Å². The molecule has 0 atom stereocenters. The Morgan fingerprint density at radius 3 is 2.48 bits per heavy atom. The smallest absolute Gasteiger partial charge is 0.213 e. The fraction of sp³-hybridized carbons (Fsp3) is 0.409. The second kappa shape index (κ2) is 12.2. The van der Waals surface area contributed by atoms with Crippen LogP contribution in [-0.2, 0) is 23.1 Å². The minimum Gasteiger partial charge on any atom is -0.497 e. The van der Waals surface area contributed by atoms with Gasteiger partial charge in [-0.05, 0) is 24.6 Å². The lowest BCUT2D eigenvalue weighted by molar-refractivity contribution is 0.382. The summed E-state index contributed by atoms with van der Waals surface area (Å²) >= 11 is 0. The predicted octanol–water partition coefficient (Wildman–Crippen LogP) is 2.22. The highest BCUT2D eigenvalue weighted by atomic mass is 32.2. The molecule has 0 spiro atoms. The maximum atomic E-state index is 12.3. The average Bonchev–Trinajstić information content (AvgIpc) is 2.78. The van der Waals surface area contributed by atoms with Crippen LogP contribution >= 0.6 is 0 Å². The molecule has 0 aliphatic rings. The first-order chi connectivity index (χ1) is 14.9. The second-order valence-electron chi connectivity index (χ2n) is 6.90. The Morgan fingerprint density at radius 2 is 1.84 bits per heavy atom. The van der Waals surface area contributed by atoms with Gasteiger partial charge in [0.1, 0.15) is 11.5 Å². The van der Waals surface area contributed by atoms with Gasteiger partial charge < -0.3 is 19.7 Å². The van der Waals surface area contributed by atoms with Crippen LogP contribution in [0.2, 0.25) is 0 Å². The third-order valence-electron chi connectivity index (χ3n) is 4.56. The van der Waals surface area contributed by atoms with Crippen molar-refractivity contribution < 1.29 is 17.9 Å². The molecule has 0 radical (unpaired) electrons. The highest BCUT2D eigenvalue weighted by Gasteiger charge is 2.13. The molecule has 170 valence electrons. The zero-order valence-corrected chi connectivity index (χ0v) is 19.4. The van der Waals surface area contributed by atoms with Crippen molar-refractivity contribution in [3.8, 4) is 11.5 Å². The molecule has 2 rings (SSSR count). The maximum Gasteiger partial charge on any atom is 0.213 e. The summed E-state index contributed by atoms with van der Waals surface area (Å²) in [6.45, 7) is 3.59. The normalized spacial score (nSPS) is 11.8. The van der Waals surface area contributed by atoms with Gasteiger partial charge in [-0.2, -0.15) is 0 Å². The first-order valence-corrected chi connectivity index (χ1v) is 11.8. The van der Waals surface area contributed by atoms with Crippen molar-refractivity contribution in [3.05, 3.63) is 59.7 Å². The number of rotatable bonds is 11. The highest BCUT2D eigenvalue weighted by molar-refractivity contribution is 7.89. The zero-order valence-electron chi connectivity index (χ0n) is 18.6. The molecule has 0 aromatic heterocycles. The molecule has 0 heterocycles. The summed E-state index contributed by atoms with van der Waals surface area (Å²) in [5.74, 6) is 1.97. The van der Waals surface area contributed by atoms with Crippen molar-refractivity contribution >= 4 is 16.0 Å². The van der Waals surface area contributed by atoms with Gasteiger partial charge in [-0.1, -0.05) is 30.3 Å². The Morgan fingerprint density at radius 1 is 1.10 bits per heavy atom. The number of aliphatic imine (C=N–C) groups is 1. The molecule has 0 aliphatic carbocycles. The predicted molar refractivity (Wildman–Crippen MR) is 124 cm³/mol. The van der Waals surface area contributed by atoms with E-state index in [1.165, 1.54) is 0 Å². The molecule has 31 heavy (non-hydrogen) atoms. The molecule has 2 N–H and O–H groups in total. The van der Waals surface area contributed by atoms with E-state index in [4.69, 9.17) is 9.47 Å². The standard InChI is InChI=1S/C22H32N4O4S/c1-5-23-22(26(2)17-19-11-12-20(29-3)15-21(19)30-4)24-13-14-31(27,28)25-16-18-9-7-6-8-10-18/h6-12,15,25H,5,13-14,16-17H2,1-4H3,(H,23,24). The number of nitrogens with zero attached hydrogens (tertiary/aromatic N) is 2. The molecule has 0 unspecified atom stereocenters. The Bertz CT molecular complexity index is 949. The van der Waals surface area contributed by atoms with Crippen molar-refractivity contribution in [2.24, 2.45) is 4.99 Å². The minimum atomic E-state index is -3.43. The average molecular weight is 449 g/mol. The quantitative estimate of drug-likeness (QED) is 0.405. The number of methoxy groups -OCH3 is 2. The van der Waals surface area contributed by atoms with Crippen LogP contribution in [-0.4, -0.2) is 59.4 Å². The number of sulfonamides is 1. The molecule has 2 aromatic carbocycles. The number of benzene rings is 2. The lowest BCUT2D eigenvalue weighted by Gasteiger charge is -2.23. The molecular formula is C22H32N4O4S. The SMILES string of the molecule is CCNC(=NCCS(=O)(=O)NCc1ccccc1)N(C)Cc1ccc(OC)cc1OC. The largest absolute Gasteiger partial charge is 0.497 e. The molecule has 0 aliphatic heterocycles. The van der Waals surface area contributed by atoms with Gasteiger partial charge in [-0.3, -0.25) is 4.99 Å². The summed E-state index contributed by atoms with van der Waals surface area (Å²) in [6, 6.07) is 15.1. The third-order valence-corrected chi connectivity index (χ3v) is 5.86. The number of nitrogens with one attached hydrogen (secondary N) is 2. The molecule has 8 nitrogen and oxygen atoms in total. The van der Waals surface area contributed by atoms with Crippen molar-refractivity contribution in [1.29, 1.82) is 0 Å². The van der Waals surface area contributed by atoms with Gasteiger partial charge in [0, 0.05) is 38.3 Å². The molecule has 0 saturated heterocycles. The Balaban J connectivity index is 1.98. The van der Waals surface area contributed by atoms with E-state index in [-0.39, 0.29) is 18.8 Å². The van der Waals surface area contributed by atoms with Crippen LogP contribution in [0.1, 0.15) is 18.1 Å². The van der Waals surface area contributed by atoms with Gasteiger partial charge in [0.15, 0.2) is 5.96 Å². The first-order valence-electron chi connectivity index (χ1n) is 10.1. The fourth-order valence-corrected chi connectivity index (χ4v) is 3.78. The first kappa shape index (κ1) is 24.5. The minimum absolute atomic E-state index is 0.0889. The van der Waals surface area contributed by atoms with Crippen molar-refractivity contribution in [1.82, 2.24) is 14.9 Å². The topological polar surface area (TPSA) is 92.3 Å². The van der Waals surface area contributed by atoms with E-state index in [0.717, 1.165) is 22.6 Å². The molecular weight excluding hydrogens is 416 g/mol. The summed E-state index contributed by atoms with van der Waals surface area (Å²) in [5.41, 5.74) is 1.88. The van der Waals surface area contributed by atoms with Gasteiger partial charge in [-0.15, -0.1) is 0 Å². The Hall–Kier alpha value is -2.78. The van der Waals surface area contributed by atoms with E-state index in [1.54, 1.807) is 14.2 Å². The van der Waals surface area contributed by atoms with E-state index < -0.39 is 10.0 Å². The molecule has 9 heteroatoms. The second-order valence-corrected chi connectivity index (χ2v) is 8.82. The summed E-state index contributed by atoms with van der Waals surface area (Å²) in [6.07, 6.45) is 0. The van der Waals surface area contributed by atoms with Crippen LogP contribution in [0, 0.1) is 0 Å². The van der Waals surface area contributed by atoms with Gasteiger partial charge >= 0.3 is 0 Å². The zero-order chi connectivity index (χ0) is 22.7. The van der Waals surface area contributed by atoms with Crippen LogP contribution in [0.15, 0.2) is 53.5 Å². The monoisotopic (exact) mass is 448 g/mol. The summed E-state index contributed by atoms with van der Waals surface area (Å²) < 4.78 is 37.9. The molecule has 2 aromatic rings. The summed E-state index contributed by atoms with van der Waals surface area (Å²) in [5, 5.41) is 3.20. The Kier molecular flexibility index (Phi) is 9.61. The van der Waals surface area contributed by atoms with Gasteiger partial charge in [0.25, 0.3) is 0 Å². The molecule has 0 bridgehead atoms. The number of hydrogen-bond donors (Lipinski definition) is 2. The highest BCUT2D eigenvalue weighted by Crippen LogP contribution is 2.25. The van der Waals surface area contributed by atoms with Crippen LogP contribution in [0.5, 0.6) is 11.5 Å². The van der Waals surface area contributed by atoms with Gasteiger partial charge in [0.2, 0.25) is 10.0 Å². The summed E-state index contributed by atoms with van der Waals surface area (Å²) in [7, 11) is 1.69. The molecule has 0 saturated carbocycles. The van der Waals surface area contributed by atoms with Crippen molar-refractivity contribution in [2.45, 2.75) is 20.0 Å². The summed E-state index contributed by atoms with van der Waals surface area (Å²) in [4.78, 5) is 6.41. The van der Waals surface area contributed by atoms with Crippen molar-refractivity contribution in [3.63, 3.8) is 0 Å². The lowest BCUT2D eigenvalue weighted by Crippen LogP contribution is -2.39. The van der Waals surface area contributed by atoms with E-state index in [0.29, 0.717) is 19.0 Å². The molecule has 0 fully saturated rings. The van der Waals surface area contributed by atoms with E-state index in [2.05, 4.69) is 15.0 Å². The maximum absolute atomic E-state index is 12.3. The number of guanidine groups is 1. The fourth-order valence-electron chi connectivity index (χ4n) is 2.92. The van der Waals surface area contributed by atoms with E-state index >= 15 is 0 Å². The van der Waals surface area contributed by atoms with Crippen molar-refractivity contribution in [2.75, 3.05) is 40.1 Å². The number of hydrogen-bond acceptors (Lipinski definition) is 5. The van der Waals surface area contributed by atoms with Crippen LogP contribution in [0.25, 0.3) is 0 Å². The third kappa shape index (κ3) is 8.10. The molecule has 0 amide bonds. The lowest BCUT2D eigenvalue weighted by atomic mass is 10.2. The Labute approximate surface area is 185 Å². The number of ether oxygens (including phenoxy) is 2. The van der Waals surface area contributed by atoms with E-state index in [9.17, 15) is 8.42 Å². The van der Waals surface area contributed by atoms with Crippen LogP contribution in [0.4, 0.5) is 0 Å². The van der Waals surface area contributed by atoms with Crippen LogP contribution in [0.3, 0.4) is 0 Å². The van der Waals surface area contributed by atoms with Crippen LogP contribution < -0.4 is 19.5 Å².